The first-order valence-electron chi connectivity index (χ1n) is 5.97. The zero-order chi connectivity index (χ0) is 14.1. The molecule has 0 aromatic heterocycles. The van der Waals surface area contributed by atoms with Crippen LogP contribution in [-0.4, -0.2) is 36.2 Å². The van der Waals surface area contributed by atoms with Crippen molar-refractivity contribution in [2.24, 2.45) is 5.73 Å². The molecular formula is C13H18N2O4. The second kappa shape index (κ2) is 8.23. The molecule has 0 aliphatic rings. The van der Waals surface area contributed by atoms with Crippen LogP contribution in [0.5, 0.6) is 0 Å². The molecule has 6 nitrogen and oxygen atoms in total. The molecule has 1 rings (SSSR count). The van der Waals surface area contributed by atoms with Crippen molar-refractivity contribution in [3.63, 3.8) is 0 Å². The molecule has 6 heteroatoms. The van der Waals surface area contributed by atoms with Crippen molar-refractivity contribution in [1.82, 2.24) is 5.32 Å². The lowest BCUT2D eigenvalue weighted by Gasteiger charge is -2.08. The van der Waals surface area contributed by atoms with Crippen molar-refractivity contribution < 1.29 is 19.4 Å². The zero-order valence-electron chi connectivity index (χ0n) is 10.5. The fraction of sp³-hybridized carbons (Fsp3) is 0.385. The molecule has 0 fully saturated rings. The Labute approximate surface area is 111 Å². The summed E-state index contributed by atoms with van der Waals surface area (Å²) in [6.45, 7) is -0.0752. The molecule has 104 valence electrons. The van der Waals surface area contributed by atoms with Crippen molar-refractivity contribution >= 4 is 11.9 Å². The molecule has 1 aromatic rings. The number of aliphatic hydroxyl groups excluding tert-OH is 1. The van der Waals surface area contributed by atoms with Gasteiger partial charge in [0.2, 0.25) is 0 Å². The van der Waals surface area contributed by atoms with Crippen LogP contribution in [-0.2, 0) is 16.1 Å². The van der Waals surface area contributed by atoms with Crippen LogP contribution in [0.3, 0.4) is 0 Å². The summed E-state index contributed by atoms with van der Waals surface area (Å²) in [5.41, 5.74) is 6.21. The number of nitrogens with one attached hydrogen (secondary N) is 1. The van der Waals surface area contributed by atoms with Crippen LogP contribution in [0.1, 0.15) is 12.0 Å². The molecule has 0 heterocycles. The maximum Gasteiger partial charge on any atom is 0.407 e. The summed E-state index contributed by atoms with van der Waals surface area (Å²) in [4.78, 5) is 22.6. The standard InChI is InChI=1S/C13H18N2O4/c14-11(8-16)12(17)6-7-15-13(18)19-9-10-4-2-1-3-5-10/h1-5,11,16H,6-9,14H2,(H,15,18). The Bertz CT molecular complexity index is 408. The lowest BCUT2D eigenvalue weighted by Crippen LogP contribution is -2.36. The first kappa shape index (κ1) is 15.1. The van der Waals surface area contributed by atoms with E-state index < -0.39 is 18.7 Å². The minimum Gasteiger partial charge on any atom is -0.445 e. The largest absolute Gasteiger partial charge is 0.445 e. The van der Waals surface area contributed by atoms with E-state index in [1.807, 2.05) is 30.3 Å². The number of benzene rings is 1. The van der Waals surface area contributed by atoms with Crippen molar-refractivity contribution in [3.8, 4) is 0 Å². The van der Waals surface area contributed by atoms with Gasteiger partial charge in [-0.05, 0) is 5.56 Å². The normalized spacial score (nSPS) is 11.7. The molecular weight excluding hydrogens is 248 g/mol. The van der Waals surface area contributed by atoms with Crippen molar-refractivity contribution in [2.75, 3.05) is 13.2 Å². The molecule has 0 bridgehead atoms. The maximum absolute atomic E-state index is 11.3. The van der Waals surface area contributed by atoms with E-state index in [1.54, 1.807) is 0 Å². The highest BCUT2D eigenvalue weighted by Crippen LogP contribution is 2.00. The molecule has 0 saturated heterocycles. The van der Waals surface area contributed by atoms with Gasteiger partial charge in [-0.2, -0.15) is 0 Å². The van der Waals surface area contributed by atoms with E-state index >= 15 is 0 Å². The first-order chi connectivity index (χ1) is 9.13. The molecule has 1 atom stereocenters. The third kappa shape index (κ3) is 5.98. The van der Waals surface area contributed by atoms with Crippen molar-refractivity contribution in [1.29, 1.82) is 0 Å². The van der Waals surface area contributed by atoms with Crippen LogP contribution < -0.4 is 11.1 Å². The molecule has 19 heavy (non-hydrogen) atoms. The maximum atomic E-state index is 11.3. The third-order valence-electron chi connectivity index (χ3n) is 2.46. The minimum atomic E-state index is -0.887. The molecule has 0 radical (unpaired) electrons. The molecule has 1 amide bonds. The van der Waals surface area contributed by atoms with E-state index in [1.165, 1.54) is 0 Å². The highest BCUT2D eigenvalue weighted by molar-refractivity contribution is 5.84. The topological polar surface area (TPSA) is 102 Å². The Morgan fingerprint density at radius 1 is 1.32 bits per heavy atom. The van der Waals surface area contributed by atoms with Gasteiger partial charge in [-0.15, -0.1) is 0 Å². The van der Waals surface area contributed by atoms with E-state index in [4.69, 9.17) is 15.6 Å². The van der Waals surface area contributed by atoms with E-state index in [9.17, 15) is 9.59 Å². The zero-order valence-corrected chi connectivity index (χ0v) is 10.5. The summed E-state index contributed by atoms with van der Waals surface area (Å²) in [7, 11) is 0. The number of Topliss-reactive ketones (excluding diaryl/α,β-unsaturated/α-hetero) is 1. The van der Waals surface area contributed by atoms with Gasteiger partial charge in [0, 0.05) is 13.0 Å². The molecule has 1 unspecified atom stereocenters. The average Bonchev–Trinajstić information content (AvgIpc) is 2.45. The van der Waals surface area contributed by atoms with Gasteiger partial charge in [0.05, 0.1) is 12.6 Å². The SMILES string of the molecule is NC(CO)C(=O)CCNC(=O)OCc1ccccc1. The highest BCUT2D eigenvalue weighted by Gasteiger charge is 2.12. The molecule has 0 aliphatic heterocycles. The van der Waals surface area contributed by atoms with Crippen LogP contribution in [0.15, 0.2) is 30.3 Å². The molecule has 4 N–H and O–H groups in total. The smallest absolute Gasteiger partial charge is 0.407 e. The number of ketones is 1. The van der Waals surface area contributed by atoms with Gasteiger partial charge < -0.3 is 20.9 Å². The summed E-state index contributed by atoms with van der Waals surface area (Å²) < 4.78 is 4.95. The number of carbonyl (C=O) groups is 2. The summed E-state index contributed by atoms with van der Waals surface area (Å²) in [6, 6.07) is 8.38. The summed E-state index contributed by atoms with van der Waals surface area (Å²) >= 11 is 0. The van der Waals surface area contributed by atoms with Crippen LogP contribution in [0.25, 0.3) is 0 Å². The van der Waals surface area contributed by atoms with Gasteiger partial charge in [-0.25, -0.2) is 4.79 Å². The van der Waals surface area contributed by atoms with Gasteiger partial charge in [0.1, 0.15) is 6.61 Å². The Balaban J connectivity index is 2.17. The number of aliphatic hydroxyl groups is 1. The number of amides is 1. The first-order valence-corrected chi connectivity index (χ1v) is 5.97. The lowest BCUT2D eigenvalue weighted by atomic mass is 10.1. The van der Waals surface area contributed by atoms with E-state index in [0.29, 0.717) is 0 Å². The number of nitrogens with two attached hydrogens (primary N) is 1. The van der Waals surface area contributed by atoms with Crippen LogP contribution >= 0.6 is 0 Å². The fourth-order valence-electron chi connectivity index (χ4n) is 1.35. The molecule has 0 aliphatic carbocycles. The van der Waals surface area contributed by atoms with E-state index in [2.05, 4.69) is 5.32 Å². The summed E-state index contributed by atoms with van der Waals surface area (Å²) in [5, 5.41) is 11.1. The minimum absolute atomic E-state index is 0.0716. The molecule has 0 spiro atoms. The van der Waals surface area contributed by atoms with Gasteiger partial charge in [-0.1, -0.05) is 30.3 Å². The van der Waals surface area contributed by atoms with Gasteiger partial charge >= 0.3 is 6.09 Å². The van der Waals surface area contributed by atoms with Crippen molar-refractivity contribution in [3.05, 3.63) is 35.9 Å². The van der Waals surface area contributed by atoms with Crippen LogP contribution in [0, 0.1) is 0 Å². The monoisotopic (exact) mass is 266 g/mol. The Morgan fingerprint density at radius 2 is 2.00 bits per heavy atom. The molecule has 0 saturated carbocycles. The second-order valence-electron chi connectivity index (χ2n) is 3.99. The third-order valence-corrected chi connectivity index (χ3v) is 2.46. The van der Waals surface area contributed by atoms with Gasteiger partial charge in [0.15, 0.2) is 5.78 Å². The Kier molecular flexibility index (Phi) is 6.56. The van der Waals surface area contributed by atoms with Crippen LogP contribution in [0.4, 0.5) is 4.79 Å². The number of alkyl carbamates (subject to hydrolysis) is 1. The van der Waals surface area contributed by atoms with Gasteiger partial charge in [0.25, 0.3) is 0 Å². The fourth-order valence-corrected chi connectivity index (χ4v) is 1.35. The Morgan fingerprint density at radius 3 is 2.63 bits per heavy atom. The van der Waals surface area contributed by atoms with E-state index in [0.717, 1.165) is 5.56 Å². The van der Waals surface area contributed by atoms with Crippen molar-refractivity contribution in [2.45, 2.75) is 19.1 Å². The number of hydrogen-bond donors (Lipinski definition) is 3. The van der Waals surface area contributed by atoms with Gasteiger partial charge in [-0.3, -0.25) is 4.79 Å². The number of carbonyl (C=O) groups excluding carboxylic acids is 2. The molecule has 1 aromatic carbocycles. The predicted molar refractivity (Wildman–Crippen MR) is 69.3 cm³/mol. The Hall–Kier alpha value is -1.92. The van der Waals surface area contributed by atoms with Crippen LogP contribution in [0.2, 0.25) is 0 Å². The van der Waals surface area contributed by atoms with E-state index in [-0.39, 0.29) is 25.4 Å². The second-order valence-corrected chi connectivity index (χ2v) is 3.99. The number of ether oxygens (including phenoxy) is 1. The average molecular weight is 266 g/mol. The lowest BCUT2D eigenvalue weighted by molar-refractivity contribution is -0.120. The highest BCUT2D eigenvalue weighted by atomic mass is 16.5. The quantitative estimate of drug-likeness (QED) is 0.654. The number of hydrogen-bond acceptors (Lipinski definition) is 5. The summed E-state index contributed by atoms with van der Waals surface area (Å²) in [6.07, 6.45) is -0.517. The predicted octanol–water partition coefficient (Wildman–Crippen LogP) is 0.192. The number of rotatable bonds is 7. The summed E-state index contributed by atoms with van der Waals surface area (Å²) in [5.74, 6) is -0.300.